The number of nitrogens with one attached hydrogen (secondary N) is 1. The molecule has 98 valence electrons. The second-order valence-electron chi connectivity index (χ2n) is 5.63. The molecule has 1 aromatic rings. The van der Waals surface area contributed by atoms with Crippen LogP contribution in [0.4, 0.5) is 5.69 Å². The van der Waals surface area contributed by atoms with Crippen LogP contribution in [0.1, 0.15) is 26.7 Å². The third-order valence-corrected chi connectivity index (χ3v) is 3.33. The molecular formula is C14H20N2O2. The molecule has 18 heavy (non-hydrogen) atoms. The summed E-state index contributed by atoms with van der Waals surface area (Å²) in [5, 5.41) is 23.2. The molecule has 1 heterocycles. The third kappa shape index (κ3) is 3.09. The average molecular weight is 248 g/mol. The summed E-state index contributed by atoms with van der Waals surface area (Å²) in [6.07, 6.45) is 5.26. The Kier molecular flexibility index (Phi) is 3.68. The van der Waals surface area contributed by atoms with Gasteiger partial charge in [0.1, 0.15) is 0 Å². The molecule has 1 saturated carbocycles. The zero-order valence-corrected chi connectivity index (χ0v) is 10.8. The van der Waals surface area contributed by atoms with Gasteiger partial charge in [0.25, 0.3) is 0 Å². The van der Waals surface area contributed by atoms with E-state index in [-0.39, 0.29) is 5.41 Å². The molecule has 1 aliphatic rings. The minimum absolute atomic E-state index is 0.0233. The fraction of sp³-hybridized carbons (Fsp3) is 0.500. The number of pyridine rings is 1. The Bertz CT molecular complexity index is 413. The zero-order chi connectivity index (χ0) is 13.2. The molecule has 1 aliphatic carbocycles. The predicted octanol–water partition coefficient (Wildman–Crippen LogP) is 1.92. The monoisotopic (exact) mass is 248 g/mol. The number of hydrogen-bond donors (Lipinski definition) is 3. The summed E-state index contributed by atoms with van der Waals surface area (Å²) in [7, 11) is 0. The number of aromatic nitrogens is 1. The number of aliphatic hydroxyl groups is 2. The summed E-state index contributed by atoms with van der Waals surface area (Å²) < 4.78 is 0. The maximum Gasteiger partial charge on any atom is 0.0797 e. The van der Waals surface area contributed by atoms with Crippen molar-refractivity contribution in [2.45, 2.75) is 38.9 Å². The normalized spacial score (nSPS) is 26.8. The quantitative estimate of drug-likeness (QED) is 0.748. The van der Waals surface area contributed by atoms with Crippen molar-refractivity contribution in [3.63, 3.8) is 0 Å². The van der Waals surface area contributed by atoms with Crippen LogP contribution in [0, 0.1) is 5.41 Å². The van der Waals surface area contributed by atoms with Gasteiger partial charge in [0.2, 0.25) is 0 Å². The van der Waals surface area contributed by atoms with E-state index >= 15 is 0 Å². The van der Waals surface area contributed by atoms with Crippen LogP contribution in [0.25, 0.3) is 0 Å². The van der Waals surface area contributed by atoms with E-state index in [1.54, 1.807) is 18.6 Å². The summed E-state index contributed by atoms with van der Waals surface area (Å²) in [6, 6.07) is 3.72. The van der Waals surface area contributed by atoms with Crippen LogP contribution < -0.4 is 5.32 Å². The van der Waals surface area contributed by atoms with Gasteiger partial charge in [0.15, 0.2) is 0 Å². The van der Waals surface area contributed by atoms with E-state index in [0.717, 1.165) is 5.69 Å². The second kappa shape index (κ2) is 5.08. The number of anilines is 1. The van der Waals surface area contributed by atoms with Crippen LogP contribution in [0.5, 0.6) is 0 Å². The first-order chi connectivity index (χ1) is 8.48. The average Bonchev–Trinajstić information content (AvgIpc) is 2.27. The summed E-state index contributed by atoms with van der Waals surface area (Å²) >= 11 is 0. The molecule has 4 nitrogen and oxygen atoms in total. The Hall–Kier alpha value is -1.39. The summed E-state index contributed by atoms with van der Waals surface area (Å²) in [4.78, 5) is 3.99. The van der Waals surface area contributed by atoms with Crippen molar-refractivity contribution in [1.29, 1.82) is 0 Å². The number of hydrogen-bond acceptors (Lipinski definition) is 4. The molecule has 0 saturated heterocycles. The van der Waals surface area contributed by atoms with E-state index in [4.69, 9.17) is 0 Å². The molecular weight excluding hydrogens is 228 g/mol. The van der Waals surface area contributed by atoms with Crippen LogP contribution in [0.15, 0.2) is 36.3 Å². The molecule has 1 aromatic heterocycles. The van der Waals surface area contributed by atoms with Gasteiger partial charge in [-0.05, 0) is 30.4 Å². The molecule has 1 fully saturated rings. The smallest absolute Gasteiger partial charge is 0.0797 e. The summed E-state index contributed by atoms with van der Waals surface area (Å²) in [5.41, 5.74) is 1.47. The Morgan fingerprint density at radius 3 is 2.56 bits per heavy atom. The highest BCUT2D eigenvalue weighted by Crippen LogP contribution is 2.38. The standard InChI is InChI=1S/C14H20N2O2/c1-14(2)6-12(17)11(13(18)7-14)9-16-10-4-3-5-15-8-10/h3-5,8-9,12-13,16-18H,6-7H2,1-2H3. The van der Waals surface area contributed by atoms with Crippen molar-refractivity contribution < 1.29 is 10.2 Å². The minimum Gasteiger partial charge on any atom is -0.389 e. The van der Waals surface area contributed by atoms with Crippen molar-refractivity contribution >= 4 is 5.69 Å². The van der Waals surface area contributed by atoms with Gasteiger partial charge in [-0.1, -0.05) is 13.8 Å². The van der Waals surface area contributed by atoms with Crippen LogP contribution in [-0.4, -0.2) is 27.4 Å². The van der Waals surface area contributed by atoms with E-state index in [2.05, 4.69) is 24.1 Å². The fourth-order valence-electron chi connectivity index (χ4n) is 2.40. The lowest BCUT2D eigenvalue weighted by atomic mass is 9.73. The highest BCUT2D eigenvalue weighted by Gasteiger charge is 2.35. The number of nitrogens with zero attached hydrogens (tertiary/aromatic N) is 1. The van der Waals surface area contributed by atoms with Crippen molar-refractivity contribution in [3.8, 4) is 0 Å². The molecule has 0 aromatic carbocycles. The molecule has 0 radical (unpaired) electrons. The van der Waals surface area contributed by atoms with Gasteiger partial charge in [-0.15, -0.1) is 0 Å². The van der Waals surface area contributed by atoms with E-state index in [9.17, 15) is 10.2 Å². The van der Waals surface area contributed by atoms with Crippen molar-refractivity contribution in [1.82, 2.24) is 4.98 Å². The van der Waals surface area contributed by atoms with Gasteiger partial charge in [-0.2, -0.15) is 0 Å². The van der Waals surface area contributed by atoms with Gasteiger partial charge >= 0.3 is 0 Å². The SMILES string of the molecule is CC1(C)CC(O)C(=CNc2cccnc2)C(O)C1. The topological polar surface area (TPSA) is 65.4 Å². The van der Waals surface area contributed by atoms with Crippen molar-refractivity contribution in [2.75, 3.05) is 5.32 Å². The molecule has 0 bridgehead atoms. The molecule has 3 N–H and O–H groups in total. The van der Waals surface area contributed by atoms with Gasteiger partial charge in [0.05, 0.1) is 24.1 Å². The first-order valence-electron chi connectivity index (χ1n) is 6.21. The van der Waals surface area contributed by atoms with Crippen LogP contribution >= 0.6 is 0 Å². The highest BCUT2D eigenvalue weighted by molar-refractivity contribution is 5.44. The fourth-order valence-corrected chi connectivity index (χ4v) is 2.40. The Morgan fingerprint density at radius 2 is 2.00 bits per heavy atom. The second-order valence-corrected chi connectivity index (χ2v) is 5.63. The summed E-state index contributed by atoms with van der Waals surface area (Å²) in [5.74, 6) is 0. The highest BCUT2D eigenvalue weighted by atomic mass is 16.3. The van der Waals surface area contributed by atoms with Gasteiger partial charge in [-0.25, -0.2) is 0 Å². The third-order valence-electron chi connectivity index (χ3n) is 3.33. The number of rotatable bonds is 2. The molecule has 2 atom stereocenters. The molecule has 2 rings (SSSR count). The minimum atomic E-state index is -0.590. The Labute approximate surface area is 107 Å². The van der Waals surface area contributed by atoms with Crippen LogP contribution in [-0.2, 0) is 0 Å². The number of aliphatic hydroxyl groups excluding tert-OH is 2. The van der Waals surface area contributed by atoms with E-state index in [1.807, 2.05) is 12.1 Å². The Balaban J connectivity index is 2.08. The molecule has 4 heteroatoms. The lowest BCUT2D eigenvalue weighted by molar-refractivity contribution is 0.0361. The van der Waals surface area contributed by atoms with Gasteiger partial charge < -0.3 is 15.5 Å². The maximum absolute atomic E-state index is 10.1. The maximum atomic E-state index is 10.1. The molecule has 0 amide bonds. The van der Waals surface area contributed by atoms with E-state index < -0.39 is 12.2 Å². The lowest BCUT2D eigenvalue weighted by Crippen LogP contribution is -2.37. The molecule has 0 aliphatic heterocycles. The van der Waals surface area contributed by atoms with Crippen molar-refractivity contribution in [2.24, 2.45) is 5.41 Å². The van der Waals surface area contributed by atoms with Crippen molar-refractivity contribution in [3.05, 3.63) is 36.3 Å². The lowest BCUT2D eigenvalue weighted by Gasteiger charge is -2.37. The largest absolute Gasteiger partial charge is 0.389 e. The molecule has 2 unspecified atom stereocenters. The Morgan fingerprint density at radius 1 is 1.33 bits per heavy atom. The van der Waals surface area contributed by atoms with Crippen LogP contribution in [0.3, 0.4) is 0 Å². The van der Waals surface area contributed by atoms with Gasteiger partial charge in [0, 0.05) is 18.0 Å². The summed E-state index contributed by atoms with van der Waals surface area (Å²) in [6.45, 7) is 4.12. The first-order valence-corrected chi connectivity index (χ1v) is 6.21. The molecule has 0 spiro atoms. The van der Waals surface area contributed by atoms with Gasteiger partial charge in [-0.3, -0.25) is 4.98 Å². The van der Waals surface area contributed by atoms with Crippen LogP contribution in [0.2, 0.25) is 0 Å². The predicted molar refractivity (Wildman–Crippen MR) is 71.0 cm³/mol. The first kappa shape index (κ1) is 13.1. The van der Waals surface area contributed by atoms with E-state index in [0.29, 0.717) is 18.4 Å². The van der Waals surface area contributed by atoms with E-state index in [1.165, 1.54) is 0 Å². The zero-order valence-electron chi connectivity index (χ0n) is 10.8.